The summed E-state index contributed by atoms with van der Waals surface area (Å²) in [6.45, 7) is 4.04. The smallest absolute Gasteiger partial charge is 0.323 e. The first kappa shape index (κ1) is 13.0. The van der Waals surface area contributed by atoms with Crippen molar-refractivity contribution in [3.63, 3.8) is 0 Å². The quantitative estimate of drug-likeness (QED) is 0.871. The van der Waals surface area contributed by atoms with E-state index in [2.05, 4.69) is 10.3 Å². The van der Waals surface area contributed by atoms with Gasteiger partial charge in [0, 0.05) is 6.54 Å². The van der Waals surface area contributed by atoms with Gasteiger partial charge in [-0.1, -0.05) is 19.1 Å². The van der Waals surface area contributed by atoms with Gasteiger partial charge >= 0.3 is 5.97 Å². The molecule has 1 heterocycles. The van der Waals surface area contributed by atoms with E-state index in [1.54, 1.807) is 18.3 Å². The van der Waals surface area contributed by atoms with E-state index in [-0.39, 0.29) is 0 Å². The molecule has 0 bridgehead atoms. The van der Waals surface area contributed by atoms with Gasteiger partial charge in [-0.3, -0.25) is 10.1 Å². The third-order valence-corrected chi connectivity index (χ3v) is 4.18. The van der Waals surface area contributed by atoms with Crippen molar-refractivity contribution >= 4 is 27.5 Å². The predicted octanol–water partition coefficient (Wildman–Crippen LogP) is 2.64. The average molecular weight is 264 g/mol. The van der Waals surface area contributed by atoms with Crippen LogP contribution in [-0.2, 0) is 11.3 Å². The molecule has 4 nitrogen and oxygen atoms in total. The first-order chi connectivity index (χ1) is 8.55. The fraction of sp³-hybridized carbons (Fsp3) is 0.385. The Kier molecular flexibility index (Phi) is 3.63. The molecule has 0 saturated heterocycles. The molecule has 96 valence electrons. The number of thiazole rings is 1. The minimum Gasteiger partial charge on any atom is -0.480 e. The first-order valence-electron chi connectivity index (χ1n) is 5.88. The van der Waals surface area contributed by atoms with Crippen LogP contribution >= 0.6 is 11.3 Å². The van der Waals surface area contributed by atoms with E-state index in [0.29, 0.717) is 13.0 Å². The maximum absolute atomic E-state index is 11.2. The molecule has 0 aliphatic rings. The molecule has 1 atom stereocenters. The topological polar surface area (TPSA) is 62.2 Å². The summed E-state index contributed by atoms with van der Waals surface area (Å²) in [6.07, 6.45) is 0.535. The van der Waals surface area contributed by atoms with Crippen LogP contribution < -0.4 is 5.32 Å². The number of hydrogen-bond donors (Lipinski definition) is 2. The van der Waals surface area contributed by atoms with Gasteiger partial charge in [-0.2, -0.15) is 0 Å². The Balaban J connectivity index is 2.12. The molecule has 0 fully saturated rings. The van der Waals surface area contributed by atoms with E-state index < -0.39 is 11.5 Å². The van der Waals surface area contributed by atoms with Crippen molar-refractivity contribution in [2.24, 2.45) is 0 Å². The van der Waals surface area contributed by atoms with E-state index in [1.807, 2.05) is 31.2 Å². The molecule has 2 rings (SSSR count). The van der Waals surface area contributed by atoms with Crippen molar-refractivity contribution in [3.05, 3.63) is 29.3 Å². The summed E-state index contributed by atoms with van der Waals surface area (Å²) in [7, 11) is 0. The molecule has 1 aromatic heterocycles. The number of carboxylic acid groups (broad SMARTS) is 1. The third-order valence-electron chi connectivity index (χ3n) is 3.15. The van der Waals surface area contributed by atoms with Crippen molar-refractivity contribution in [1.29, 1.82) is 0 Å². The van der Waals surface area contributed by atoms with Crippen LogP contribution in [0.1, 0.15) is 25.3 Å². The van der Waals surface area contributed by atoms with Gasteiger partial charge in [0.15, 0.2) is 0 Å². The number of aliphatic carboxylic acids is 1. The van der Waals surface area contributed by atoms with E-state index in [1.165, 1.54) is 0 Å². The lowest BCUT2D eigenvalue weighted by Gasteiger charge is -2.23. The SMILES string of the molecule is CCC(C)(NCc1nc2ccccc2s1)C(=O)O. The number of benzene rings is 1. The van der Waals surface area contributed by atoms with Gasteiger partial charge in [0.2, 0.25) is 0 Å². The maximum atomic E-state index is 11.2. The number of nitrogens with zero attached hydrogens (tertiary/aromatic N) is 1. The Morgan fingerprint density at radius 3 is 2.83 bits per heavy atom. The molecule has 1 unspecified atom stereocenters. The number of aromatic nitrogens is 1. The highest BCUT2D eigenvalue weighted by molar-refractivity contribution is 7.18. The standard InChI is InChI=1S/C13H16N2O2S/c1-3-13(2,12(16)17)14-8-11-15-9-6-4-5-7-10(9)18-11/h4-7,14H,3,8H2,1-2H3,(H,16,17). The van der Waals surface area contributed by atoms with Crippen LogP contribution in [0.15, 0.2) is 24.3 Å². The van der Waals surface area contributed by atoms with Crippen LogP contribution in [0.2, 0.25) is 0 Å². The first-order valence-corrected chi connectivity index (χ1v) is 6.69. The van der Waals surface area contributed by atoms with Crippen LogP contribution in [-0.4, -0.2) is 21.6 Å². The van der Waals surface area contributed by atoms with Crippen LogP contribution in [0, 0.1) is 0 Å². The number of fused-ring (bicyclic) bond motifs is 1. The van der Waals surface area contributed by atoms with Gasteiger partial charge in [0.05, 0.1) is 10.2 Å². The van der Waals surface area contributed by atoms with Gasteiger partial charge in [-0.05, 0) is 25.5 Å². The van der Waals surface area contributed by atoms with Gasteiger partial charge in [-0.15, -0.1) is 11.3 Å². The van der Waals surface area contributed by atoms with Crippen molar-refractivity contribution in [2.45, 2.75) is 32.4 Å². The minimum atomic E-state index is -0.891. The van der Waals surface area contributed by atoms with Crippen molar-refractivity contribution in [3.8, 4) is 0 Å². The molecule has 0 aliphatic heterocycles. The van der Waals surface area contributed by atoms with Crippen LogP contribution in [0.25, 0.3) is 10.2 Å². The van der Waals surface area contributed by atoms with E-state index >= 15 is 0 Å². The summed E-state index contributed by atoms with van der Waals surface area (Å²) in [5, 5.41) is 13.2. The van der Waals surface area contributed by atoms with E-state index in [0.717, 1.165) is 15.2 Å². The highest BCUT2D eigenvalue weighted by Gasteiger charge is 2.30. The Bertz CT molecular complexity index is 534. The third kappa shape index (κ3) is 2.52. The highest BCUT2D eigenvalue weighted by atomic mass is 32.1. The molecular weight excluding hydrogens is 248 g/mol. The van der Waals surface area contributed by atoms with Crippen LogP contribution in [0.4, 0.5) is 0 Å². The van der Waals surface area contributed by atoms with Crippen molar-refractivity contribution < 1.29 is 9.90 Å². The molecule has 2 N–H and O–H groups in total. The molecule has 2 aromatic rings. The molecule has 5 heteroatoms. The van der Waals surface area contributed by atoms with Crippen molar-refractivity contribution in [1.82, 2.24) is 10.3 Å². The average Bonchev–Trinajstić information content (AvgIpc) is 2.78. The summed E-state index contributed by atoms with van der Waals surface area (Å²) < 4.78 is 1.13. The summed E-state index contributed by atoms with van der Waals surface area (Å²) in [5.41, 5.74) is 0.0746. The lowest BCUT2D eigenvalue weighted by Crippen LogP contribution is -2.48. The number of carboxylic acids is 1. The minimum absolute atomic E-state index is 0.482. The number of rotatable bonds is 5. The summed E-state index contributed by atoms with van der Waals surface area (Å²) in [6, 6.07) is 7.91. The fourth-order valence-electron chi connectivity index (χ4n) is 1.62. The van der Waals surface area contributed by atoms with Crippen molar-refractivity contribution in [2.75, 3.05) is 0 Å². The molecular formula is C13H16N2O2S. The molecule has 0 aliphatic carbocycles. The second-order valence-corrected chi connectivity index (χ2v) is 5.53. The monoisotopic (exact) mass is 264 g/mol. The molecule has 0 radical (unpaired) electrons. The number of carbonyl (C=O) groups is 1. The normalized spacial score (nSPS) is 14.6. The Morgan fingerprint density at radius 2 is 2.22 bits per heavy atom. The molecule has 18 heavy (non-hydrogen) atoms. The second-order valence-electron chi connectivity index (χ2n) is 4.42. The van der Waals surface area contributed by atoms with Gasteiger partial charge in [0.1, 0.15) is 10.5 Å². The molecule has 0 saturated carbocycles. The van der Waals surface area contributed by atoms with Gasteiger partial charge < -0.3 is 5.11 Å². The Labute approximate surface area is 110 Å². The second kappa shape index (κ2) is 5.04. The lowest BCUT2D eigenvalue weighted by atomic mass is 9.99. The molecule has 0 spiro atoms. The van der Waals surface area contributed by atoms with Crippen LogP contribution in [0.3, 0.4) is 0 Å². The van der Waals surface area contributed by atoms with Crippen LogP contribution in [0.5, 0.6) is 0 Å². The molecule has 1 aromatic carbocycles. The number of hydrogen-bond acceptors (Lipinski definition) is 4. The predicted molar refractivity (Wildman–Crippen MR) is 72.8 cm³/mol. The summed E-state index contributed by atoms with van der Waals surface area (Å²) >= 11 is 1.59. The largest absolute Gasteiger partial charge is 0.480 e. The Hall–Kier alpha value is -1.46. The number of nitrogens with one attached hydrogen (secondary N) is 1. The van der Waals surface area contributed by atoms with E-state index in [9.17, 15) is 9.90 Å². The number of para-hydroxylation sites is 1. The zero-order valence-corrected chi connectivity index (χ0v) is 11.3. The van der Waals surface area contributed by atoms with Gasteiger partial charge in [0.25, 0.3) is 0 Å². The van der Waals surface area contributed by atoms with E-state index in [4.69, 9.17) is 0 Å². The summed E-state index contributed by atoms with van der Waals surface area (Å²) in [4.78, 5) is 15.6. The van der Waals surface area contributed by atoms with Gasteiger partial charge in [-0.25, -0.2) is 4.98 Å². The zero-order chi connectivity index (χ0) is 13.2. The maximum Gasteiger partial charge on any atom is 0.323 e. The highest BCUT2D eigenvalue weighted by Crippen LogP contribution is 2.22. The zero-order valence-electron chi connectivity index (χ0n) is 10.4. The lowest BCUT2D eigenvalue weighted by molar-refractivity contribution is -0.144. The fourth-order valence-corrected chi connectivity index (χ4v) is 2.53. The Morgan fingerprint density at radius 1 is 1.50 bits per heavy atom. The molecule has 0 amide bonds. The summed E-state index contributed by atoms with van der Waals surface area (Å²) in [5.74, 6) is -0.828.